The molecule has 0 spiro atoms. The van der Waals surface area contributed by atoms with Crippen molar-refractivity contribution in [2.24, 2.45) is 50.2 Å². The highest BCUT2D eigenvalue weighted by Gasteiger charge is 2.70. The second-order valence-electron chi connectivity index (χ2n) is 22.9. The summed E-state index contributed by atoms with van der Waals surface area (Å²) in [5.74, 6) is -0.533. The number of rotatable bonds is 9. The molecule has 3 heterocycles. The number of carbonyl (C=O) groups is 1. The summed E-state index contributed by atoms with van der Waals surface area (Å²) in [6, 6.07) is 0. The highest BCUT2D eigenvalue weighted by Crippen LogP contribution is 2.76. The van der Waals surface area contributed by atoms with Crippen molar-refractivity contribution in [1.82, 2.24) is 0 Å². The molecule has 0 radical (unpaired) electrons. The van der Waals surface area contributed by atoms with Crippen molar-refractivity contribution in [2.45, 2.75) is 205 Å². The summed E-state index contributed by atoms with van der Waals surface area (Å²) in [5, 5.41) is 108. The largest absolute Gasteiger partial charge is 0.481 e. The fourth-order valence-electron chi connectivity index (χ4n) is 14.8. The zero-order chi connectivity index (χ0) is 46.7. The van der Waals surface area contributed by atoms with Crippen LogP contribution in [0, 0.1) is 50.2 Å². The average Bonchev–Trinajstić information content (AvgIpc) is 3.24. The maximum atomic E-state index is 13.2. The minimum atomic E-state index is -1.79. The molecule has 4 saturated carbocycles. The van der Waals surface area contributed by atoms with Crippen LogP contribution in [0.1, 0.15) is 113 Å². The number of carboxylic acids is 1. The van der Waals surface area contributed by atoms with Gasteiger partial charge in [0.25, 0.3) is 0 Å². The van der Waals surface area contributed by atoms with E-state index in [0.717, 1.165) is 38.5 Å². The van der Waals surface area contributed by atoms with Crippen molar-refractivity contribution in [2.75, 3.05) is 19.8 Å². The van der Waals surface area contributed by atoms with E-state index < -0.39 is 122 Å². The normalized spacial score (nSPS) is 55.0. The zero-order valence-electron chi connectivity index (χ0n) is 38.5. The Morgan fingerprint density at radius 2 is 1.39 bits per heavy atom. The molecular weight excluding hydrogens is 837 g/mol. The fraction of sp³-hybridized carbons (Fsp3) is 0.936. The van der Waals surface area contributed by atoms with Gasteiger partial charge in [-0.25, -0.2) is 0 Å². The van der Waals surface area contributed by atoms with Crippen LogP contribution in [0.5, 0.6) is 0 Å². The second kappa shape index (κ2) is 17.2. The van der Waals surface area contributed by atoms with Crippen molar-refractivity contribution in [3.05, 3.63) is 11.6 Å². The van der Waals surface area contributed by atoms with Crippen molar-refractivity contribution in [1.29, 1.82) is 0 Å². The molecule has 10 N–H and O–H groups in total. The number of hydrogen-bond acceptors (Lipinski definition) is 16. The smallest absolute Gasteiger partial charge is 0.310 e. The molecule has 0 aromatic heterocycles. The first-order chi connectivity index (χ1) is 29.9. The molecule has 366 valence electrons. The summed E-state index contributed by atoms with van der Waals surface area (Å²) in [6.45, 7) is 13.8. The average molecular weight is 913 g/mol. The first-order valence-electron chi connectivity index (χ1n) is 23.7. The second-order valence-corrected chi connectivity index (χ2v) is 22.9. The number of fused-ring (bicyclic) bond motifs is 7. The van der Waals surface area contributed by atoms with Gasteiger partial charge in [0.2, 0.25) is 0 Å². The molecule has 8 aliphatic rings. The fourth-order valence-corrected chi connectivity index (χ4v) is 14.8. The van der Waals surface area contributed by atoms with E-state index in [1.807, 2.05) is 6.92 Å². The molecule has 5 aliphatic carbocycles. The Labute approximate surface area is 376 Å². The van der Waals surface area contributed by atoms with Crippen LogP contribution in [0.4, 0.5) is 0 Å². The summed E-state index contributed by atoms with van der Waals surface area (Å²) >= 11 is 0. The van der Waals surface area contributed by atoms with Gasteiger partial charge in [-0.15, -0.1) is 0 Å². The molecule has 23 unspecified atom stereocenters. The highest BCUT2D eigenvalue weighted by atomic mass is 16.8. The lowest BCUT2D eigenvalue weighted by atomic mass is 9.33. The molecule has 7 fully saturated rings. The topological polar surface area (TPSA) is 275 Å². The zero-order valence-corrected chi connectivity index (χ0v) is 38.5. The molecule has 0 amide bonds. The van der Waals surface area contributed by atoms with E-state index in [0.29, 0.717) is 25.7 Å². The number of allylic oxidation sites excluding steroid dienone is 2. The lowest BCUT2D eigenvalue weighted by Gasteiger charge is -2.71. The van der Waals surface area contributed by atoms with Gasteiger partial charge in [0.15, 0.2) is 18.9 Å². The van der Waals surface area contributed by atoms with Crippen LogP contribution in [0.25, 0.3) is 0 Å². The summed E-state index contributed by atoms with van der Waals surface area (Å²) < 4.78 is 37.0. The Bertz CT molecular complexity index is 1750. The predicted octanol–water partition coefficient (Wildman–Crippen LogP) is 1.35. The van der Waals surface area contributed by atoms with E-state index >= 15 is 0 Å². The SMILES string of the molecule is CC1OC(OC2C(OC3CCC4(C)C(CCC5(C)C4CC=C4C6CC(C)(C)CCC6(C(=O)O)CCC45C)C3(C)CO)OC(CO)C(O)C2OC2OCC(O)C(O)C2O)C(O)C(O)C1O. The van der Waals surface area contributed by atoms with Crippen LogP contribution in [0.15, 0.2) is 11.6 Å². The van der Waals surface area contributed by atoms with Gasteiger partial charge >= 0.3 is 5.97 Å². The minimum absolute atomic E-state index is 0.0244. The van der Waals surface area contributed by atoms with Crippen LogP contribution in [0.2, 0.25) is 0 Å². The van der Waals surface area contributed by atoms with Gasteiger partial charge in [-0.05, 0) is 111 Å². The van der Waals surface area contributed by atoms with Gasteiger partial charge < -0.3 is 79.5 Å². The van der Waals surface area contributed by atoms with Gasteiger partial charge in [0, 0.05) is 5.41 Å². The standard InChI is InChI=1S/C47H76O17/c1-22-30(51)33(54)35(56)39(60-22)64-37-36(63-38-34(55)31(52)25(50)20-59-38)32(53)26(19-48)61-40(37)62-29-11-12-43(4)27(44(29,5)21-49)10-13-46(7)28(43)9-8-23-24-18-42(2,3)14-16-47(24,41(57)58)17-15-45(23,46)6/h8,22,24-40,48-56H,9-21H2,1-7H3,(H,57,58). The van der Waals surface area contributed by atoms with Gasteiger partial charge in [-0.2, -0.15) is 0 Å². The van der Waals surface area contributed by atoms with Crippen LogP contribution >= 0.6 is 0 Å². The first-order valence-corrected chi connectivity index (χ1v) is 23.7. The third-order valence-corrected chi connectivity index (χ3v) is 19.1. The number of ether oxygens (including phenoxy) is 6. The summed E-state index contributed by atoms with van der Waals surface area (Å²) in [7, 11) is 0. The van der Waals surface area contributed by atoms with Crippen LogP contribution in [-0.2, 0) is 33.2 Å². The quantitative estimate of drug-likeness (QED) is 0.116. The van der Waals surface area contributed by atoms with E-state index in [1.54, 1.807) is 0 Å². The van der Waals surface area contributed by atoms with Crippen LogP contribution in [-0.4, -0.2) is 169 Å². The molecular formula is C47H76O17. The molecule has 0 aromatic carbocycles. The Morgan fingerprint density at radius 3 is 2.06 bits per heavy atom. The van der Waals surface area contributed by atoms with Gasteiger partial charge in [-0.3, -0.25) is 4.79 Å². The Morgan fingerprint density at radius 1 is 0.719 bits per heavy atom. The molecule has 8 rings (SSSR count). The van der Waals surface area contributed by atoms with E-state index in [1.165, 1.54) is 12.5 Å². The first kappa shape index (κ1) is 49.0. The molecule has 17 heteroatoms. The third kappa shape index (κ3) is 7.49. The van der Waals surface area contributed by atoms with Gasteiger partial charge in [0.1, 0.15) is 61.0 Å². The van der Waals surface area contributed by atoms with Crippen LogP contribution < -0.4 is 0 Å². The summed E-state index contributed by atoms with van der Waals surface area (Å²) in [5.41, 5.74) is -0.877. The monoisotopic (exact) mass is 913 g/mol. The maximum Gasteiger partial charge on any atom is 0.310 e. The molecule has 3 aliphatic heterocycles. The Balaban J connectivity index is 1.10. The Kier molecular flexibility index (Phi) is 13.2. The van der Waals surface area contributed by atoms with E-state index in [-0.39, 0.29) is 46.0 Å². The minimum Gasteiger partial charge on any atom is -0.481 e. The maximum absolute atomic E-state index is 13.2. The van der Waals surface area contributed by atoms with Crippen molar-refractivity contribution in [3.8, 4) is 0 Å². The number of carboxylic acid groups (broad SMARTS) is 1. The van der Waals surface area contributed by atoms with Crippen molar-refractivity contribution < 1.29 is 84.3 Å². The van der Waals surface area contributed by atoms with Crippen LogP contribution in [0.3, 0.4) is 0 Å². The number of aliphatic hydroxyl groups excluding tert-OH is 9. The number of aliphatic hydroxyl groups is 9. The predicted molar refractivity (Wildman–Crippen MR) is 225 cm³/mol. The highest BCUT2D eigenvalue weighted by molar-refractivity contribution is 5.76. The molecule has 0 bridgehead atoms. The van der Waals surface area contributed by atoms with E-state index in [4.69, 9.17) is 28.4 Å². The van der Waals surface area contributed by atoms with E-state index in [2.05, 4.69) is 40.7 Å². The van der Waals surface area contributed by atoms with Gasteiger partial charge in [0.05, 0.1) is 37.4 Å². The molecule has 3 saturated heterocycles. The van der Waals surface area contributed by atoms with Gasteiger partial charge in [-0.1, -0.05) is 53.2 Å². The van der Waals surface area contributed by atoms with E-state index in [9.17, 15) is 55.9 Å². The molecule has 23 atom stereocenters. The lowest BCUT2D eigenvalue weighted by Crippen LogP contribution is -2.68. The molecule has 0 aromatic rings. The lowest BCUT2D eigenvalue weighted by molar-refractivity contribution is -0.395. The summed E-state index contributed by atoms with van der Waals surface area (Å²) in [6.07, 6.45) is -12.4. The Hall–Kier alpha value is -1.39. The summed E-state index contributed by atoms with van der Waals surface area (Å²) in [4.78, 5) is 13.2. The van der Waals surface area contributed by atoms with Crippen molar-refractivity contribution >= 4 is 5.97 Å². The number of aliphatic carboxylic acids is 1. The van der Waals surface area contributed by atoms with Crippen molar-refractivity contribution in [3.63, 3.8) is 0 Å². The molecule has 17 nitrogen and oxygen atoms in total. The number of hydrogen-bond donors (Lipinski definition) is 10. The third-order valence-electron chi connectivity index (χ3n) is 19.1. The molecule has 64 heavy (non-hydrogen) atoms.